The van der Waals surface area contributed by atoms with Crippen molar-refractivity contribution in [1.29, 1.82) is 0 Å². The van der Waals surface area contributed by atoms with Gasteiger partial charge in [0.15, 0.2) is 0 Å². The number of carbonyl (C=O) groups excluding carboxylic acids is 2. The van der Waals surface area contributed by atoms with Crippen LogP contribution >= 0.6 is 0 Å². The molecule has 4 bridgehead atoms. The van der Waals surface area contributed by atoms with Crippen LogP contribution in [0.25, 0.3) is 0 Å². The van der Waals surface area contributed by atoms with Crippen LogP contribution in [-0.2, 0) is 10.2 Å². The summed E-state index contributed by atoms with van der Waals surface area (Å²) in [6.07, 6.45) is 8.29. The lowest BCUT2D eigenvalue weighted by atomic mass is 9.48. The molecule has 36 heavy (non-hydrogen) atoms. The second kappa shape index (κ2) is 9.12. The van der Waals surface area contributed by atoms with E-state index in [4.69, 9.17) is 4.74 Å². The van der Waals surface area contributed by atoms with Crippen molar-refractivity contribution in [3.05, 3.63) is 89.5 Å². The van der Waals surface area contributed by atoms with Gasteiger partial charge < -0.3 is 15.4 Å². The maximum Gasteiger partial charge on any atom is 0.339 e. The van der Waals surface area contributed by atoms with Crippen molar-refractivity contribution in [3.8, 4) is 0 Å². The number of nitrogens with one attached hydrogen (secondary N) is 2. The Kier molecular flexibility index (Phi) is 5.79. The first-order valence-corrected chi connectivity index (χ1v) is 13.0. The van der Waals surface area contributed by atoms with E-state index in [9.17, 15) is 9.59 Å². The molecule has 0 heterocycles. The molecule has 0 aromatic heterocycles. The van der Waals surface area contributed by atoms with Crippen LogP contribution in [0.15, 0.2) is 72.8 Å². The summed E-state index contributed by atoms with van der Waals surface area (Å²) in [6, 6.07) is 23.0. The van der Waals surface area contributed by atoms with E-state index in [0.717, 1.165) is 29.1 Å². The van der Waals surface area contributed by atoms with Crippen molar-refractivity contribution in [2.45, 2.75) is 43.9 Å². The Morgan fingerprint density at radius 3 is 1.97 bits per heavy atom. The molecule has 0 atom stereocenters. The summed E-state index contributed by atoms with van der Waals surface area (Å²) in [7, 11) is 1.37. The van der Waals surface area contributed by atoms with E-state index in [0.29, 0.717) is 22.2 Å². The summed E-state index contributed by atoms with van der Waals surface area (Å²) in [5.74, 6) is 2.22. The fourth-order valence-corrected chi connectivity index (χ4v) is 7.32. The zero-order chi connectivity index (χ0) is 24.7. The fraction of sp³-hybridized carbons (Fsp3) is 0.355. The minimum atomic E-state index is -0.392. The van der Waals surface area contributed by atoms with Crippen molar-refractivity contribution < 1.29 is 14.3 Å². The van der Waals surface area contributed by atoms with Gasteiger partial charge in [0.1, 0.15) is 0 Å². The Balaban J connectivity index is 1.11. The van der Waals surface area contributed by atoms with Crippen LogP contribution in [0.2, 0.25) is 0 Å². The van der Waals surface area contributed by atoms with E-state index in [2.05, 4.69) is 22.8 Å². The van der Waals surface area contributed by atoms with Crippen LogP contribution in [0.3, 0.4) is 0 Å². The first-order chi connectivity index (χ1) is 17.5. The van der Waals surface area contributed by atoms with Crippen molar-refractivity contribution in [1.82, 2.24) is 0 Å². The molecule has 0 unspecified atom stereocenters. The maximum atomic E-state index is 12.9. The number of carbonyl (C=O) groups is 2. The van der Waals surface area contributed by atoms with E-state index in [-0.39, 0.29) is 5.91 Å². The van der Waals surface area contributed by atoms with Gasteiger partial charge in [-0.2, -0.15) is 0 Å². The predicted molar refractivity (Wildman–Crippen MR) is 142 cm³/mol. The van der Waals surface area contributed by atoms with E-state index < -0.39 is 5.97 Å². The summed E-state index contributed by atoms with van der Waals surface area (Å²) in [5.41, 5.74) is 5.12. The average Bonchev–Trinajstić information content (AvgIpc) is 2.89. The molecule has 3 aromatic carbocycles. The van der Waals surface area contributed by atoms with Gasteiger partial charge in [0.25, 0.3) is 5.91 Å². The molecule has 0 spiro atoms. The largest absolute Gasteiger partial charge is 0.465 e. The Bertz CT molecular complexity index is 1240. The monoisotopic (exact) mass is 480 g/mol. The summed E-state index contributed by atoms with van der Waals surface area (Å²) in [5, 5.41) is 6.25. The molecule has 0 saturated heterocycles. The first kappa shape index (κ1) is 22.8. The van der Waals surface area contributed by atoms with Crippen molar-refractivity contribution in [2.75, 3.05) is 17.7 Å². The fourth-order valence-electron chi connectivity index (χ4n) is 7.32. The number of hydrogen-bond acceptors (Lipinski definition) is 4. The highest BCUT2D eigenvalue weighted by Crippen LogP contribution is 2.60. The number of hydrogen-bond donors (Lipinski definition) is 2. The van der Waals surface area contributed by atoms with E-state index in [1.54, 1.807) is 12.1 Å². The molecule has 4 aliphatic rings. The highest BCUT2D eigenvalue weighted by Gasteiger charge is 2.51. The predicted octanol–water partition coefficient (Wildman–Crippen LogP) is 6.94. The molecular formula is C31H32N2O3. The van der Waals surface area contributed by atoms with Crippen molar-refractivity contribution in [2.24, 2.45) is 17.8 Å². The van der Waals surface area contributed by atoms with E-state index >= 15 is 0 Å². The third-order valence-corrected chi connectivity index (χ3v) is 8.55. The van der Waals surface area contributed by atoms with Crippen LogP contribution in [0.5, 0.6) is 0 Å². The third kappa shape index (κ3) is 4.27. The molecule has 4 aliphatic carbocycles. The molecule has 184 valence electrons. The van der Waals surface area contributed by atoms with Gasteiger partial charge in [0.2, 0.25) is 0 Å². The number of para-hydroxylation sites is 1. The molecular weight excluding hydrogens is 448 g/mol. The van der Waals surface area contributed by atoms with Gasteiger partial charge in [-0.15, -0.1) is 0 Å². The quantitative estimate of drug-likeness (QED) is 0.375. The third-order valence-electron chi connectivity index (χ3n) is 8.55. The SMILES string of the molecule is COC(=O)c1ccccc1Nc1ccc(NC(=O)c2ccc(C34CC5CC(CC(C5)C3)C4)cc2)cc1. The van der Waals surface area contributed by atoms with Crippen LogP contribution in [0.4, 0.5) is 17.1 Å². The molecule has 2 N–H and O–H groups in total. The number of esters is 1. The molecule has 0 radical (unpaired) electrons. The number of anilines is 3. The van der Waals surface area contributed by atoms with Crippen LogP contribution in [0, 0.1) is 17.8 Å². The van der Waals surface area contributed by atoms with Gasteiger partial charge in [0, 0.05) is 16.9 Å². The lowest BCUT2D eigenvalue weighted by Gasteiger charge is -2.57. The molecule has 5 nitrogen and oxygen atoms in total. The van der Waals surface area contributed by atoms with Crippen LogP contribution in [-0.4, -0.2) is 19.0 Å². The first-order valence-electron chi connectivity index (χ1n) is 13.0. The van der Waals surface area contributed by atoms with Gasteiger partial charge in [-0.25, -0.2) is 4.79 Å². The standard InChI is InChI=1S/C31H32N2O3/c1-36-30(35)27-4-2-3-5-28(27)32-25-10-12-26(13-11-25)33-29(34)23-6-8-24(9-7-23)31-17-20-14-21(18-31)16-22(15-20)19-31/h2-13,20-22,32H,14-19H2,1H3,(H,33,34). The second-order valence-electron chi connectivity index (χ2n) is 11.0. The topological polar surface area (TPSA) is 67.4 Å². The Morgan fingerprint density at radius 1 is 0.778 bits per heavy atom. The normalized spacial score (nSPS) is 25.9. The molecule has 0 aliphatic heterocycles. The summed E-state index contributed by atoms with van der Waals surface area (Å²) in [4.78, 5) is 24.9. The highest BCUT2D eigenvalue weighted by molar-refractivity contribution is 6.04. The van der Waals surface area contributed by atoms with Gasteiger partial charge in [0.05, 0.1) is 18.4 Å². The summed E-state index contributed by atoms with van der Waals surface area (Å²) < 4.78 is 4.86. The Morgan fingerprint density at radius 2 is 1.36 bits per heavy atom. The number of amides is 1. The minimum Gasteiger partial charge on any atom is -0.465 e. The van der Waals surface area contributed by atoms with Gasteiger partial charge >= 0.3 is 5.97 Å². The van der Waals surface area contributed by atoms with Gasteiger partial charge in [-0.3, -0.25) is 4.79 Å². The molecule has 3 aromatic rings. The Hall–Kier alpha value is -3.60. The minimum absolute atomic E-state index is 0.108. The lowest BCUT2D eigenvalue weighted by molar-refractivity contribution is -0.00519. The number of benzene rings is 3. The summed E-state index contributed by atoms with van der Waals surface area (Å²) in [6.45, 7) is 0. The smallest absolute Gasteiger partial charge is 0.339 e. The molecule has 1 amide bonds. The van der Waals surface area contributed by atoms with E-state index in [1.807, 2.05) is 48.5 Å². The molecule has 7 rings (SSSR count). The second-order valence-corrected chi connectivity index (χ2v) is 11.0. The van der Waals surface area contributed by atoms with Gasteiger partial charge in [-0.05, 0) is 116 Å². The van der Waals surface area contributed by atoms with E-state index in [1.165, 1.54) is 51.2 Å². The average molecular weight is 481 g/mol. The Labute approximate surface area is 212 Å². The lowest BCUT2D eigenvalue weighted by Crippen LogP contribution is -2.48. The summed E-state index contributed by atoms with van der Waals surface area (Å²) >= 11 is 0. The highest BCUT2D eigenvalue weighted by atomic mass is 16.5. The van der Waals surface area contributed by atoms with Crippen LogP contribution in [0.1, 0.15) is 64.8 Å². The number of rotatable bonds is 6. The molecule has 4 saturated carbocycles. The number of methoxy groups -OCH3 is 1. The van der Waals surface area contributed by atoms with Crippen molar-refractivity contribution >= 4 is 28.9 Å². The van der Waals surface area contributed by atoms with Crippen LogP contribution < -0.4 is 10.6 Å². The van der Waals surface area contributed by atoms with Gasteiger partial charge in [-0.1, -0.05) is 24.3 Å². The maximum absolute atomic E-state index is 12.9. The molecule has 5 heteroatoms. The zero-order valence-electron chi connectivity index (χ0n) is 20.6. The molecule has 4 fully saturated rings. The zero-order valence-corrected chi connectivity index (χ0v) is 20.6. The van der Waals surface area contributed by atoms with Crippen molar-refractivity contribution in [3.63, 3.8) is 0 Å². The number of ether oxygens (including phenoxy) is 1.